The lowest BCUT2D eigenvalue weighted by molar-refractivity contribution is 0.188. The van der Waals surface area contributed by atoms with Gasteiger partial charge >= 0.3 is 0 Å². The van der Waals surface area contributed by atoms with Crippen molar-refractivity contribution in [3.8, 4) is 0 Å². The fourth-order valence-corrected chi connectivity index (χ4v) is 5.43. The zero-order valence-electron chi connectivity index (χ0n) is 12.1. The summed E-state index contributed by atoms with van der Waals surface area (Å²) in [6.45, 7) is 8.23. The highest BCUT2D eigenvalue weighted by molar-refractivity contribution is 7.89. The average Bonchev–Trinajstić information content (AvgIpc) is 2.82. The number of sulfonamides is 1. The van der Waals surface area contributed by atoms with Crippen molar-refractivity contribution < 1.29 is 8.42 Å². The molecule has 2 N–H and O–H groups in total. The summed E-state index contributed by atoms with van der Waals surface area (Å²) in [5.74, 6) is 0. The van der Waals surface area contributed by atoms with Crippen LogP contribution in [0, 0.1) is 6.92 Å². The van der Waals surface area contributed by atoms with Gasteiger partial charge in [0.1, 0.15) is 0 Å². The van der Waals surface area contributed by atoms with Crippen molar-refractivity contribution in [2.75, 3.05) is 32.7 Å². The summed E-state index contributed by atoms with van der Waals surface area (Å²) < 4.78 is 27.0. The third kappa shape index (κ3) is 3.23. The van der Waals surface area contributed by atoms with Crippen LogP contribution in [-0.2, 0) is 16.6 Å². The van der Waals surface area contributed by atoms with E-state index < -0.39 is 10.0 Å². The molecule has 1 aliphatic rings. The van der Waals surface area contributed by atoms with E-state index >= 15 is 0 Å². The van der Waals surface area contributed by atoms with Crippen LogP contribution < -0.4 is 5.73 Å². The molecule has 1 saturated heterocycles. The highest BCUT2D eigenvalue weighted by Crippen LogP contribution is 2.28. The molecular weight excluding hydrogens is 294 g/mol. The molecular formula is C13H23N3O2S2. The van der Waals surface area contributed by atoms with Gasteiger partial charge in [0.2, 0.25) is 10.0 Å². The molecule has 0 saturated carbocycles. The van der Waals surface area contributed by atoms with E-state index in [1.54, 1.807) is 10.4 Å². The molecule has 114 valence electrons. The first-order valence-corrected chi connectivity index (χ1v) is 9.26. The fraction of sp³-hybridized carbons (Fsp3) is 0.692. The van der Waals surface area contributed by atoms with Crippen molar-refractivity contribution in [3.05, 3.63) is 15.8 Å². The molecule has 2 rings (SSSR count). The van der Waals surface area contributed by atoms with Crippen molar-refractivity contribution in [1.82, 2.24) is 9.21 Å². The maximum absolute atomic E-state index is 12.7. The zero-order valence-corrected chi connectivity index (χ0v) is 13.8. The van der Waals surface area contributed by atoms with E-state index in [1.807, 2.05) is 6.92 Å². The number of hydrogen-bond acceptors (Lipinski definition) is 5. The molecule has 0 amide bonds. The van der Waals surface area contributed by atoms with Crippen molar-refractivity contribution in [1.29, 1.82) is 0 Å². The summed E-state index contributed by atoms with van der Waals surface area (Å²) in [6, 6.07) is 1.73. The lowest BCUT2D eigenvalue weighted by atomic mass is 10.3. The van der Waals surface area contributed by atoms with E-state index in [2.05, 4.69) is 11.8 Å². The number of piperazine rings is 1. The van der Waals surface area contributed by atoms with E-state index in [9.17, 15) is 8.42 Å². The molecule has 0 radical (unpaired) electrons. The summed E-state index contributed by atoms with van der Waals surface area (Å²) in [5, 5.41) is 0. The van der Waals surface area contributed by atoms with Crippen molar-refractivity contribution >= 4 is 21.4 Å². The zero-order chi connectivity index (χ0) is 14.8. The van der Waals surface area contributed by atoms with Gasteiger partial charge in [-0.05, 0) is 26.0 Å². The molecule has 0 aromatic carbocycles. The Morgan fingerprint density at radius 3 is 2.45 bits per heavy atom. The molecule has 0 spiro atoms. The van der Waals surface area contributed by atoms with Gasteiger partial charge in [-0.15, -0.1) is 11.3 Å². The van der Waals surface area contributed by atoms with Gasteiger partial charge in [-0.3, -0.25) is 0 Å². The number of thiophene rings is 1. The first kappa shape index (κ1) is 15.9. The van der Waals surface area contributed by atoms with Gasteiger partial charge < -0.3 is 10.6 Å². The Labute approximate surface area is 125 Å². The maximum Gasteiger partial charge on any atom is 0.244 e. The molecule has 1 aromatic heterocycles. The van der Waals surface area contributed by atoms with Crippen molar-refractivity contribution in [2.24, 2.45) is 5.73 Å². The van der Waals surface area contributed by atoms with Crippen LogP contribution in [0.25, 0.3) is 0 Å². The highest BCUT2D eigenvalue weighted by Gasteiger charge is 2.30. The first-order chi connectivity index (χ1) is 9.48. The maximum atomic E-state index is 12.7. The second kappa shape index (κ2) is 6.53. The first-order valence-electron chi connectivity index (χ1n) is 7.01. The normalized spacial score (nSPS) is 18.6. The van der Waals surface area contributed by atoms with Crippen LogP contribution in [0.3, 0.4) is 0 Å². The largest absolute Gasteiger partial charge is 0.326 e. The summed E-state index contributed by atoms with van der Waals surface area (Å²) in [4.78, 5) is 4.51. The minimum atomic E-state index is -3.36. The van der Waals surface area contributed by atoms with Crippen molar-refractivity contribution in [3.63, 3.8) is 0 Å². The van der Waals surface area contributed by atoms with E-state index in [-0.39, 0.29) is 0 Å². The van der Waals surface area contributed by atoms with Gasteiger partial charge in [-0.25, -0.2) is 8.42 Å². The Bertz CT molecular complexity index is 546. The van der Waals surface area contributed by atoms with Crippen LogP contribution in [-0.4, -0.2) is 50.3 Å². The Kier molecular flexibility index (Phi) is 5.19. The summed E-state index contributed by atoms with van der Waals surface area (Å²) >= 11 is 1.47. The smallest absolute Gasteiger partial charge is 0.244 e. The van der Waals surface area contributed by atoms with Gasteiger partial charge in [0, 0.05) is 42.5 Å². The van der Waals surface area contributed by atoms with Gasteiger partial charge in [0.15, 0.2) is 0 Å². The Morgan fingerprint density at radius 1 is 1.30 bits per heavy atom. The van der Waals surface area contributed by atoms with E-state index in [0.29, 0.717) is 24.5 Å². The molecule has 0 unspecified atom stereocenters. The van der Waals surface area contributed by atoms with Crippen molar-refractivity contribution in [2.45, 2.75) is 31.7 Å². The summed E-state index contributed by atoms with van der Waals surface area (Å²) in [6.07, 6.45) is 1.11. The SMILES string of the molecule is CCCN1CCN(S(=O)(=O)c2cc(CN)sc2C)CC1. The monoisotopic (exact) mass is 317 g/mol. The minimum Gasteiger partial charge on any atom is -0.326 e. The number of aryl methyl sites for hydroxylation is 1. The Hall–Kier alpha value is -0.470. The number of nitrogens with zero attached hydrogens (tertiary/aromatic N) is 2. The average molecular weight is 317 g/mol. The predicted molar refractivity (Wildman–Crippen MR) is 82.4 cm³/mol. The third-order valence-electron chi connectivity index (χ3n) is 3.61. The molecule has 7 heteroatoms. The summed E-state index contributed by atoms with van der Waals surface area (Å²) in [7, 11) is -3.36. The fourth-order valence-electron chi connectivity index (χ4n) is 2.53. The molecule has 1 aliphatic heterocycles. The van der Waals surface area contributed by atoms with E-state index in [0.717, 1.165) is 35.8 Å². The minimum absolute atomic E-state index is 0.394. The van der Waals surface area contributed by atoms with Crippen LogP contribution >= 0.6 is 11.3 Å². The molecule has 5 nitrogen and oxygen atoms in total. The second-order valence-electron chi connectivity index (χ2n) is 5.08. The Morgan fingerprint density at radius 2 is 1.95 bits per heavy atom. The molecule has 0 aliphatic carbocycles. The predicted octanol–water partition coefficient (Wildman–Crippen LogP) is 1.23. The second-order valence-corrected chi connectivity index (χ2v) is 8.33. The van der Waals surface area contributed by atoms with Gasteiger partial charge in [0.05, 0.1) is 4.90 Å². The number of hydrogen-bond donors (Lipinski definition) is 1. The molecule has 2 heterocycles. The summed E-state index contributed by atoms with van der Waals surface area (Å²) in [5.41, 5.74) is 5.60. The lowest BCUT2D eigenvalue weighted by Crippen LogP contribution is -2.48. The van der Waals surface area contributed by atoms with Crippen LogP contribution in [0.5, 0.6) is 0 Å². The van der Waals surface area contributed by atoms with Gasteiger partial charge in [0.25, 0.3) is 0 Å². The lowest BCUT2D eigenvalue weighted by Gasteiger charge is -2.33. The van der Waals surface area contributed by atoms with Crippen LogP contribution in [0.4, 0.5) is 0 Å². The van der Waals surface area contributed by atoms with Gasteiger partial charge in [-0.1, -0.05) is 6.92 Å². The number of rotatable bonds is 5. The third-order valence-corrected chi connectivity index (χ3v) is 6.84. The Balaban J connectivity index is 2.13. The standard InChI is InChI=1S/C13H23N3O2S2/c1-3-4-15-5-7-16(8-6-15)20(17,18)13-9-12(10-14)19-11(13)2/h9H,3-8,10,14H2,1-2H3. The van der Waals surface area contributed by atoms with E-state index in [4.69, 9.17) is 5.73 Å². The van der Waals surface area contributed by atoms with E-state index in [1.165, 1.54) is 11.3 Å². The quantitative estimate of drug-likeness (QED) is 0.887. The van der Waals surface area contributed by atoms with Crippen LogP contribution in [0.2, 0.25) is 0 Å². The van der Waals surface area contributed by atoms with Crippen LogP contribution in [0.1, 0.15) is 23.1 Å². The molecule has 1 aromatic rings. The molecule has 0 atom stereocenters. The molecule has 20 heavy (non-hydrogen) atoms. The molecule has 1 fully saturated rings. The molecule has 0 bridgehead atoms. The number of nitrogens with two attached hydrogens (primary N) is 1. The highest BCUT2D eigenvalue weighted by atomic mass is 32.2. The van der Waals surface area contributed by atoms with Crippen LogP contribution in [0.15, 0.2) is 11.0 Å². The van der Waals surface area contributed by atoms with Gasteiger partial charge in [-0.2, -0.15) is 4.31 Å². The topological polar surface area (TPSA) is 66.6 Å².